The van der Waals surface area contributed by atoms with Crippen LogP contribution in [0, 0.1) is 0 Å². The van der Waals surface area contributed by atoms with Gasteiger partial charge in [0.05, 0.1) is 34.1 Å². The number of nitrogens with two attached hydrogens (primary N) is 1. The topological polar surface area (TPSA) is 76.6 Å². The summed E-state index contributed by atoms with van der Waals surface area (Å²) in [5, 5.41) is 4.00. The van der Waals surface area contributed by atoms with Crippen LogP contribution in [0.3, 0.4) is 0 Å². The van der Waals surface area contributed by atoms with Gasteiger partial charge in [0.25, 0.3) is 11.8 Å². The molecule has 2 aromatic rings. The summed E-state index contributed by atoms with van der Waals surface area (Å²) in [5.74, 6) is -0.905. The van der Waals surface area contributed by atoms with Crippen LogP contribution >= 0.6 is 34.5 Å². The zero-order valence-electron chi connectivity index (χ0n) is 13.6. The minimum absolute atomic E-state index is 0.258. The van der Waals surface area contributed by atoms with Crippen molar-refractivity contribution in [2.45, 2.75) is 19.9 Å². The molecule has 0 saturated heterocycles. The Morgan fingerprint density at radius 3 is 2.76 bits per heavy atom. The number of hydrogen-bond donors (Lipinski definition) is 3. The van der Waals surface area contributed by atoms with E-state index in [4.69, 9.17) is 28.9 Å². The van der Waals surface area contributed by atoms with Gasteiger partial charge in [0.15, 0.2) is 0 Å². The lowest BCUT2D eigenvalue weighted by atomic mass is 10.0. The number of amides is 2. The molecule has 0 aliphatic carbocycles. The molecule has 1 atom stereocenters. The number of fused-ring (bicyclic) bond motifs is 1. The van der Waals surface area contributed by atoms with E-state index >= 15 is 0 Å². The zero-order valence-corrected chi connectivity index (χ0v) is 15.9. The summed E-state index contributed by atoms with van der Waals surface area (Å²) in [6.45, 7) is 4.95. The first-order valence-corrected chi connectivity index (χ1v) is 9.52. The summed E-state index contributed by atoms with van der Waals surface area (Å²) in [5.41, 5.74) is 7.27. The predicted octanol–water partition coefficient (Wildman–Crippen LogP) is 2.37. The molecule has 1 aromatic heterocycles. The number of carbonyl (C=O) groups excluding carboxylic acids is 2. The number of carbonyl (C=O) groups is 2. The Hall–Kier alpha value is -1.60. The van der Waals surface area contributed by atoms with Crippen LogP contribution in [0.15, 0.2) is 18.2 Å². The number of primary amides is 1. The van der Waals surface area contributed by atoms with Crippen molar-refractivity contribution in [3.8, 4) is 0 Å². The Bertz CT molecular complexity index is 851. The normalized spacial score (nSPS) is 16.4. The Balaban J connectivity index is 1.93. The van der Waals surface area contributed by atoms with Crippen LogP contribution in [-0.4, -0.2) is 24.9 Å². The first-order chi connectivity index (χ1) is 11.9. The smallest absolute Gasteiger partial charge is 0.257 e. The molecule has 1 unspecified atom stereocenters. The van der Waals surface area contributed by atoms with Crippen molar-refractivity contribution in [3.63, 3.8) is 0 Å². The molecule has 2 amide bonds. The number of hydrogen-bond acceptors (Lipinski definition) is 3. The number of rotatable bonds is 4. The van der Waals surface area contributed by atoms with E-state index in [-0.39, 0.29) is 10.9 Å². The van der Waals surface area contributed by atoms with Crippen LogP contribution in [-0.2, 0) is 13.0 Å². The standard InChI is InChI=1S/C17H17Cl2N3O2S/c1-2-22-6-5-11-13(8-22)25-17(14(11)15(20)23)21-16(24)10-4-3-9(18)7-12(10)19/h3-4,7H,2,5-6,8H2,1H3,(H2,20,23)(H,21,24)/p+1. The van der Waals surface area contributed by atoms with Gasteiger partial charge in [0, 0.05) is 11.4 Å². The summed E-state index contributed by atoms with van der Waals surface area (Å²) in [6.07, 6.45) is 0.783. The van der Waals surface area contributed by atoms with Crippen LogP contribution in [0.5, 0.6) is 0 Å². The molecule has 0 radical (unpaired) electrons. The average molecular weight is 399 g/mol. The van der Waals surface area contributed by atoms with Crippen LogP contribution in [0.2, 0.25) is 10.0 Å². The summed E-state index contributed by atoms with van der Waals surface area (Å²) >= 11 is 13.4. The molecule has 4 N–H and O–H groups in total. The highest BCUT2D eigenvalue weighted by Gasteiger charge is 2.29. The van der Waals surface area contributed by atoms with Gasteiger partial charge < -0.3 is 16.0 Å². The molecule has 1 aromatic carbocycles. The van der Waals surface area contributed by atoms with Crippen molar-refractivity contribution >= 4 is 51.4 Å². The molecule has 1 aliphatic heterocycles. The Labute approximate surface area is 159 Å². The molecule has 8 heteroatoms. The molecular formula is C17H18Cl2N3O2S+. The second-order valence-corrected chi connectivity index (χ2v) is 7.88. The number of anilines is 1. The zero-order chi connectivity index (χ0) is 18.1. The van der Waals surface area contributed by atoms with Crippen molar-refractivity contribution in [1.82, 2.24) is 0 Å². The lowest BCUT2D eigenvalue weighted by molar-refractivity contribution is -0.913. The number of benzene rings is 1. The maximum atomic E-state index is 12.6. The van der Waals surface area contributed by atoms with E-state index in [1.54, 1.807) is 12.1 Å². The molecule has 25 heavy (non-hydrogen) atoms. The maximum absolute atomic E-state index is 12.6. The first kappa shape index (κ1) is 18.2. The molecular weight excluding hydrogens is 381 g/mol. The average Bonchev–Trinajstić information content (AvgIpc) is 2.91. The van der Waals surface area contributed by atoms with Gasteiger partial charge in [-0.1, -0.05) is 23.2 Å². The third kappa shape index (κ3) is 3.67. The van der Waals surface area contributed by atoms with Gasteiger partial charge in [-0.15, -0.1) is 11.3 Å². The van der Waals surface area contributed by atoms with Gasteiger partial charge in [-0.25, -0.2) is 0 Å². The van der Waals surface area contributed by atoms with E-state index in [1.165, 1.54) is 22.3 Å². The largest absolute Gasteiger partial charge is 0.365 e. The second kappa shape index (κ2) is 7.33. The van der Waals surface area contributed by atoms with Gasteiger partial charge in [-0.2, -0.15) is 0 Å². The van der Waals surface area contributed by atoms with Crippen LogP contribution in [0.1, 0.15) is 38.1 Å². The van der Waals surface area contributed by atoms with Gasteiger partial charge in [0.2, 0.25) is 0 Å². The fourth-order valence-corrected chi connectivity index (χ4v) is 4.85. The molecule has 0 spiro atoms. The van der Waals surface area contributed by atoms with Crippen molar-refractivity contribution < 1.29 is 14.5 Å². The van der Waals surface area contributed by atoms with Gasteiger partial charge in [0.1, 0.15) is 11.5 Å². The predicted molar refractivity (Wildman–Crippen MR) is 101 cm³/mol. The third-order valence-corrected chi connectivity index (χ3v) is 6.07. The number of halogens is 2. The summed E-state index contributed by atoms with van der Waals surface area (Å²) < 4.78 is 0. The van der Waals surface area contributed by atoms with Crippen molar-refractivity contribution in [1.29, 1.82) is 0 Å². The summed E-state index contributed by atoms with van der Waals surface area (Å²) in [7, 11) is 0. The molecule has 3 rings (SSSR count). The number of nitrogens with one attached hydrogen (secondary N) is 2. The first-order valence-electron chi connectivity index (χ1n) is 7.95. The maximum Gasteiger partial charge on any atom is 0.257 e. The summed E-state index contributed by atoms with van der Waals surface area (Å²) in [4.78, 5) is 27.1. The quantitative estimate of drug-likeness (QED) is 0.739. The third-order valence-electron chi connectivity index (χ3n) is 4.38. The van der Waals surface area contributed by atoms with Gasteiger partial charge in [-0.05, 0) is 30.7 Å². The fraction of sp³-hybridized carbons (Fsp3) is 0.294. The lowest BCUT2D eigenvalue weighted by Gasteiger charge is -2.22. The molecule has 5 nitrogen and oxygen atoms in total. The van der Waals surface area contributed by atoms with E-state index in [0.29, 0.717) is 21.2 Å². The van der Waals surface area contributed by atoms with E-state index in [9.17, 15) is 9.59 Å². The van der Waals surface area contributed by atoms with Crippen molar-refractivity contribution in [3.05, 3.63) is 49.8 Å². The second-order valence-electron chi connectivity index (χ2n) is 5.93. The van der Waals surface area contributed by atoms with E-state index in [0.717, 1.165) is 36.5 Å². The highest BCUT2D eigenvalue weighted by atomic mass is 35.5. The van der Waals surface area contributed by atoms with Crippen LogP contribution in [0.4, 0.5) is 5.00 Å². The minimum Gasteiger partial charge on any atom is -0.365 e. The lowest BCUT2D eigenvalue weighted by Crippen LogP contribution is -3.11. The number of thiophene rings is 1. The fourth-order valence-electron chi connectivity index (χ4n) is 3.03. The molecule has 1 aliphatic rings. The molecule has 0 bridgehead atoms. The van der Waals surface area contributed by atoms with Gasteiger partial charge in [-0.3, -0.25) is 9.59 Å². The SMILES string of the molecule is CC[NH+]1CCc2c(sc(NC(=O)c3ccc(Cl)cc3Cl)c2C(N)=O)C1. The van der Waals surface area contributed by atoms with Crippen LogP contribution in [0.25, 0.3) is 0 Å². The Morgan fingerprint density at radius 1 is 1.36 bits per heavy atom. The molecule has 0 fully saturated rings. The van der Waals surface area contributed by atoms with Gasteiger partial charge >= 0.3 is 0 Å². The number of likely N-dealkylation sites (N-methyl/N-ethyl adjacent to an activating group) is 1. The van der Waals surface area contributed by atoms with Crippen molar-refractivity contribution in [2.75, 3.05) is 18.4 Å². The Kier molecular flexibility index (Phi) is 5.34. The highest BCUT2D eigenvalue weighted by molar-refractivity contribution is 7.17. The van der Waals surface area contributed by atoms with E-state index < -0.39 is 5.91 Å². The molecule has 0 saturated carbocycles. The van der Waals surface area contributed by atoms with Crippen molar-refractivity contribution in [2.24, 2.45) is 5.73 Å². The van der Waals surface area contributed by atoms with E-state index in [2.05, 4.69) is 12.2 Å². The molecule has 2 heterocycles. The Morgan fingerprint density at radius 2 is 2.12 bits per heavy atom. The van der Waals surface area contributed by atoms with Crippen LogP contribution < -0.4 is 16.0 Å². The molecule has 132 valence electrons. The minimum atomic E-state index is -0.519. The highest BCUT2D eigenvalue weighted by Crippen LogP contribution is 2.35. The van der Waals surface area contributed by atoms with E-state index in [1.807, 2.05) is 0 Å². The summed E-state index contributed by atoms with van der Waals surface area (Å²) in [6, 6.07) is 4.66. The monoisotopic (exact) mass is 398 g/mol. The number of quaternary nitrogens is 1.